The minimum atomic E-state index is -0.322. The molecule has 0 saturated carbocycles. The molecule has 3 aromatic rings. The second kappa shape index (κ2) is 6.05. The average Bonchev–Trinajstić information content (AvgIpc) is 3.04. The fourth-order valence-corrected chi connectivity index (χ4v) is 3.16. The van der Waals surface area contributed by atoms with E-state index in [2.05, 4.69) is 10.3 Å². The Morgan fingerprint density at radius 2 is 2.08 bits per heavy atom. The van der Waals surface area contributed by atoms with Gasteiger partial charge in [0.05, 0.1) is 18.5 Å². The van der Waals surface area contributed by atoms with Crippen molar-refractivity contribution in [1.82, 2.24) is 9.55 Å². The molecule has 25 heavy (non-hydrogen) atoms. The van der Waals surface area contributed by atoms with Crippen LogP contribution in [0.2, 0.25) is 0 Å². The number of rotatable bonds is 3. The number of benzene rings is 2. The fourth-order valence-electron chi connectivity index (χ4n) is 3.16. The van der Waals surface area contributed by atoms with E-state index in [0.717, 1.165) is 16.9 Å². The number of nitrogens with one attached hydrogen (secondary N) is 1. The van der Waals surface area contributed by atoms with Crippen LogP contribution < -0.4 is 10.1 Å². The van der Waals surface area contributed by atoms with E-state index in [4.69, 9.17) is 4.74 Å². The molecule has 0 radical (unpaired) electrons. The first kappa shape index (κ1) is 15.4. The van der Waals surface area contributed by atoms with Gasteiger partial charge in [-0.05, 0) is 29.8 Å². The predicted octanol–water partition coefficient (Wildman–Crippen LogP) is 3.49. The van der Waals surface area contributed by atoms with Gasteiger partial charge in [-0.1, -0.05) is 18.2 Å². The normalized spacial score (nSPS) is 16.2. The van der Waals surface area contributed by atoms with E-state index in [-0.39, 0.29) is 24.1 Å². The van der Waals surface area contributed by atoms with Crippen LogP contribution in [0.4, 0.5) is 10.2 Å². The lowest BCUT2D eigenvalue weighted by molar-refractivity contribution is -0.116. The van der Waals surface area contributed by atoms with Crippen LogP contribution in [0.25, 0.3) is 5.69 Å². The zero-order valence-corrected chi connectivity index (χ0v) is 13.6. The molecule has 0 saturated heterocycles. The number of carbonyl (C=O) groups excluding carboxylic acids is 1. The third-order valence-electron chi connectivity index (χ3n) is 4.36. The van der Waals surface area contributed by atoms with Crippen LogP contribution in [0.5, 0.6) is 5.75 Å². The fraction of sp³-hybridized carbons (Fsp3) is 0.158. The van der Waals surface area contributed by atoms with Crippen LogP contribution in [0.15, 0.2) is 54.9 Å². The summed E-state index contributed by atoms with van der Waals surface area (Å²) in [5, 5.41) is 2.89. The van der Waals surface area contributed by atoms with Gasteiger partial charge in [0.2, 0.25) is 5.91 Å². The van der Waals surface area contributed by atoms with E-state index in [1.54, 1.807) is 24.1 Å². The Morgan fingerprint density at radius 3 is 2.88 bits per heavy atom. The first-order valence-corrected chi connectivity index (χ1v) is 7.92. The summed E-state index contributed by atoms with van der Waals surface area (Å²) in [6.45, 7) is 0. The van der Waals surface area contributed by atoms with E-state index < -0.39 is 0 Å². The number of anilines is 1. The molecule has 1 amide bonds. The third-order valence-corrected chi connectivity index (χ3v) is 4.36. The smallest absolute Gasteiger partial charge is 0.226 e. The number of imidazole rings is 1. The summed E-state index contributed by atoms with van der Waals surface area (Å²) in [4.78, 5) is 16.7. The average molecular weight is 337 g/mol. The number of ether oxygens (including phenoxy) is 1. The molecule has 0 spiro atoms. The monoisotopic (exact) mass is 337 g/mol. The number of carbonyl (C=O) groups is 1. The van der Waals surface area contributed by atoms with Crippen molar-refractivity contribution in [1.29, 1.82) is 0 Å². The molecule has 1 aliphatic heterocycles. The van der Waals surface area contributed by atoms with Gasteiger partial charge in [0.15, 0.2) is 0 Å². The summed E-state index contributed by atoms with van der Waals surface area (Å²) in [5.74, 6) is 0.609. The molecule has 0 bridgehead atoms. The summed E-state index contributed by atoms with van der Waals surface area (Å²) in [6.07, 6.45) is 1.91. The summed E-state index contributed by atoms with van der Waals surface area (Å²) < 4.78 is 20.7. The van der Waals surface area contributed by atoms with Crippen LogP contribution in [-0.4, -0.2) is 22.6 Å². The van der Waals surface area contributed by atoms with E-state index >= 15 is 0 Å². The Labute approximate surface area is 144 Å². The summed E-state index contributed by atoms with van der Waals surface area (Å²) in [6, 6.07) is 13.8. The van der Waals surface area contributed by atoms with Crippen molar-refractivity contribution in [3.8, 4) is 11.4 Å². The first-order valence-electron chi connectivity index (χ1n) is 7.92. The standard InChI is InChI=1S/C19H16FN3O2/c1-25-15-7-3-6-14(9-15)23-11-21-18-16(10-17(24)22-19(18)23)12-4-2-5-13(20)8-12/h2-9,11,16H,10H2,1H3,(H,22,24)/t16-/m0/s1. The second-order valence-electron chi connectivity index (χ2n) is 5.91. The van der Waals surface area contributed by atoms with Gasteiger partial charge in [-0.3, -0.25) is 9.36 Å². The highest BCUT2D eigenvalue weighted by Gasteiger charge is 2.31. The minimum Gasteiger partial charge on any atom is -0.497 e. The van der Waals surface area contributed by atoms with E-state index in [0.29, 0.717) is 11.6 Å². The Balaban J connectivity index is 1.81. The molecule has 1 aromatic heterocycles. The molecule has 1 aliphatic rings. The van der Waals surface area contributed by atoms with Gasteiger partial charge >= 0.3 is 0 Å². The maximum atomic E-state index is 13.6. The van der Waals surface area contributed by atoms with Gasteiger partial charge in [-0.25, -0.2) is 9.37 Å². The van der Waals surface area contributed by atoms with Gasteiger partial charge in [0.25, 0.3) is 0 Å². The molecule has 6 heteroatoms. The van der Waals surface area contributed by atoms with Crippen molar-refractivity contribution >= 4 is 11.7 Å². The van der Waals surface area contributed by atoms with E-state index in [1.165, 1.54) is 12.1 Å². The van der Waals surface area contributed by atoms with E-state index in [1.807, 2.05) is 30.3 Å². The Kier molecular flexibility index (Phi) is 3.72. The zero-order chi connectivity index (χ0) is 17.4. The Bertz CT molecular complexity index is 951. The summed E-state index contributed by atoms with van der Waals surface area (Å²) in [5.41, 5.74) is 2.30. The second-order valence-corrected chi connectivity index (χ2v) is 5.91. The quantitative estimate of drug-likeness (QED) is 0.796. The highest BCUT2D eigenvalue weighted by molar-refractivity contribution is 5.94. The summed E-state index contributed by atoms with van der Waals surface area (Å²) >= 11 is 0. The van der Waals surface area contributed by atoms with Crippen LogP contribution in [-0.2, 0) is 4.79 Å². The van der Waals surface area contributed by atoms with Crippen molar-refractivity contribution in [2.75, 3.05) is 12.4 Å². The lowest BCUT2D eigenvalue weighted by atomic mass is 9.90. The predicted molar refractivity (Wildman–Crippen MR) is 91.6 cm³/mol. The van der Waals surface area contributed by atoms with Crippen molar-refractivity contribution in [3.63, 3.8) is 0 Å². The number of hydrogen-bond donors (Lipinski definition) is 1. The highest BCUT2D eigenvalue weighted by atomic mass is 19.1. The van der Waals surface area contributed by atoms with Crippen molar-refractivity contribution in [2.45, 2.75) is 12.3 Å². The number of aromatic nitrogens is 2. The lowest BCUT2D eigenvalue weighted by Gasteiger charge is -2.23. The third kappa shape index (κ3) is 2.76. The highest BCUT2D eigenvalue weighted by Crippen LogP contribution is 2.37. The molecule has 126 valence electrons. The maximum Gasteiger partial charge on any atom is 0.226 e. The number of nitrogens with zero attached hydrogens (tertiary/aromatic N) is 2. The molecule has 2 aromatic carbocycles. The number of amides is 1. The Morgan fingerprint density at radius 1 is 1.24 bits per heavy atom. The molecule has 0 unspecified atom stereocenters. The topological polar surface area (TPSA) is 56.1 Å². The van der Waals surface area contributed by atoms with Gasteiger partial charge < -0.3 is 10.1 Å². The van der Waals surface area contributed by atoms with Crippen LogP contribution in [0.3, 0.4) is 0 Å². The minimum absolute atomic E-state index is 0.119. The molecule has 0 aliphatic carbocycles. The molecule has 0 fully saturated rings. The van der Waals surface area contributed by atoms with Crippen LogP contribution >= 0.6 is 0 Å². The van der Waals surface area contributed by atoms with Gasteiger partial charge in [-0.2, -0.15) is 0 Å². The zero-order valence-electron chi connectivity index (χ0n) is 13.6. The molecular formula is C19H16FN3O2. The molecule has 4 rings (SSSR count). The van der Waals surface area contributed by atoms with Crippen molar-refractivity contribution in [3.05, 3.63) is 71.9 Å². The van der Waals surface area contributed by atoms with Crippen molar-refractivity contribution < 1.29 is 13.9 Å². The molecular weight excluding hydrogens is 321 g/mol. The van der Waals surface area contributed by atoms with Gasteiger partial charge in [-0.15, -0.1) is 0 Å². The maximum absolute atomic E-state index is 13.6. The lowest BCUT2D eigenvalue weighted by Crippen LogP contribution is -2.25. The van der Waals surface area contributed by atoms with Crippen LogP contribution in [0.1, 0.15) is 23.6 Å². The molecule has 5 nitrogen and oxygen atoms in total. The number of fused-ring (bicyclic) bond motifs is 1. The number of halogens is 1. The number of methoxy groups -OCH3 is 1. The Hall–Kier alpha value is -3.15. The SMILES string of the molecule is COc1cccc(-n2cnc3c2NC(=O)C[C@H]3c2cccc(F)c2)c1. The van der Waals surface area contributed by atoms with Crippen LogP contribution in [0, 0.1) is 5.82 Å². The molecule has 2 heterocycles. The molecule has 1 N–H and O–H groups in total. The summed E-state index contributed by atoms with van der Waals surface area (Å²) in [7, 11) is 1.60. The number of hydrogen-bond acceptors (Lipinski definition) is 3. The largest absolute Gasteiger partial charge is 0.497 e. The first-order chi connectivity index (χ1) is 12.2. The van der Waals surface area contributed by atoms with Crippen molar-refractivity contribution in [2.24, 2.45) is 0 Å². The van der Waals surface area contributed by atoms with E-state index in [9.17, 15) is 9.18 Å². The van der Waals surface area contributed by atoms with Gasteiger partial charge in [0, 0.05) is 18.4 Å². The van der Waals surface area contributed by atoms with Gasteiger partial charge in [0.1, 0.15) is 23.7 Å². The molecule has 1 atom stereocenters.